The molecule has 2 rings (SSSR count). The third-order valence-corrected chi connectivity index (χ3v) is 3.11. The first-order chi connectivity index (χ1) is 10.4. The van der Waals surface area contributed by atoms with Crippen LogP contribution in [-0.4, -0.2) is 18.4 Å². The van der Waals surface area contributed by atoms with E-state index >= 15 is 0 Å². The van der Waals surface area contributed by atoms with Crippen molar-refractivity contribution in [2.75, 3.05) is 17.2 Å². The molecule has 5 heteroatoms. The second-order valence-electron chi connectivity index (χ2n) is 5.22. The Bertz CT molecular complexity index is 691. The maximum absolute atomic E-state index is 11.9. The number of amides is 2. The molecule has 2 aromatic carbocycles. The van der Waals surface area contributed by atoms with Gasteiger partial charge in [-0.25, -0.2) is 0 Å². The smallest absolute Gasteiger partial charge is 0.248 e. The van der Waals surface area contributed by atoms with Crippen LogP contribution in [0.4, 0.5) is 11.4 Å². The second kappa shape index (κ2) is 6.76. The van der Waals surface area contributed by atoms with Crippen LogP contribution in [-0.2, 0) is 4.79 Å². The molecule has 22 heavy (non-hydrogen) atoms. The van der Waals surface area contributed by atoms with Crippen LogP contribution < -0.4 is 16.4 Å². The van der Waals surface area contributed by atoms with E-state index in [2.05, 4.69) is 16.7 Å². The Kier molecular flexibility index (Phi) is 4.78. The Labute approximate surface area is 129 Å². The minimum Gasteiger partial charge on any atom is -0.376 e. The van der Waals surface area contributed by atoms with Crippen molar-refractivity contribution in [2.24, 2.45) is 5.73 Å². The van der Waals surface area contributed by atoms with Crippen molar-refractivity contribution in [3.63, 3.8) is 0 Å². The zero-order chi connectivity index (χ0) is 16.1. The van der Waals surface area contributed by atoms with E-state index in [4.69, 9.17) is 5.73 Å². The summed E-state index contributed by atoms with van der Waals surface area (Å²) in [6.45, 7) is 4.16. The van der Waals surface area contributed by atoms with Crippen LogP contribution in [0.5, 0.6) is 0 Å². The van der Waals surface area contributed by atoms with Crippen molar-refractivity contribution in [3.05, 3.63) is 59.2 Å². The Morgan fingerprint density at radius 1 is 1.00 bits per heavy atom. The van der Waals surface area contributed by atoms with Crippen molar-refractivity contribution in [1.82, 2.24) is 0 Å². The Balaban J connectivity index is 1.95. The number of hydrogen-bond acceptors (Lipinski definition) is 3. The van der Waals surface area contributed by atoms with Crippen LogP contribution in [0.2, 0.25) is 0 Å². The van der Waals surface area contributed by atoms with Crippen LogP contribution in [0.25, 0.3) is 0 Å². The van der Waals surface area contributed by atoms with Gasteiger partial charge >= 0.3 is 0 Å². The lowest BCUT2D eigenvalue weighted by Gasteiger charge is -2.10. The number of aryl methyl sites for hydroxylation is 2. The van der Waals surface area contributed by atoms with Gasteiger partial charge in [-0.3, -0.25) is 9.59 Å². The van der Waals surface area contributed by atoms with Crippen molar-refractivity contribution in [1.29, 1.82) is 0 Å². The average molecular weight is 297 g/mol. The monoisotopic (exact) mass is 297 g/mol. The second-order valence-corrected chi connectivity index (χ2v) is 5.22. The first kappa shape index (κ1) is 15.6. The normalized spacial score (nSPS) is 10.1. The molecular formula is C17H19N3O2. The maximum Gasteiger partial charge on any atom is 0.248 e. The van der Waals surface area contributed by atoms with Gasteiger partial charge in [0.15, 0.2) is 0 Å². The molecule has 0 saturated carbocycles. The minimum absolute atomic E-state index is 0.143. The lowest BCUT2D eigenvalue weighted by Crippen LogP contribution is -2.22. The van der Waals surface area contributed by atoms with E-state index in [1.807, 2.05) is 26.0 Å². The fourth-order valence-electron chi connectivity index (χ4n) is 2.21. The number of benzene rings is 2. The van der Waals surface area contributed by atoms with Gasteiger partial charge in [-0.05, 0) is 55.3 Å². The lowest BCUT2D eigenvalue weighted by atomic mass is 10.1. The van der Waals surface area contributed by atoms with Gasteiger partial charge in [-0.15, -0.1) is 0 Å². The number of hydrogen-bond donors (Lipinski definition) is 3. The molecule has 0 aromatic heterocycles. The molecule has 2 aromatic rings. The molecule has 4 N–H and O–H groups in total. The van der Waals surface area contributed by atoms with Crippen LogP contribution in [0, 0.1) is 13.8 Å². The molecule has 0 spiro atoms. The largest absolute Gasteiger partial charge is 0.376 e. The van der Waals surface area contributed by atoms with Crippen molar-refractivity contribution in [3.8, 4) is 0 Å². The zero-order valence-corrected chi connectivity index (χ0v) is 12.6. The predicted octanol–water partition coefficient (Wildman–Crippen LogP) is 2.45. The Morgan fingerprint density at radius 2 is 1.68 bits per heavy atom. The van der Waals surface area contributed by atoms with Gasteiger partial charge in [0.1, 0.15) is 0 Å². The highest BCUT2D eigenvalue weighted by molar-refractivity contribution is 5.97. The van der Waals surface area contributed by atoms with E-state index in [1.165, 1.54) is 0 Å². The molecule has 0 fully saturated rings. The summed E-state index contributed by atoms with van der Waals surface area (Å²) in [5.74, 6) is -0.717. The standard InChI is InChI=1S/C17H19N3O2/c1-11-6-12(2)8-15(7-11)19-10-16(21)20-14-5-3-4-13(9-14)17(18)22/h3-9,19H,10H2,1-2H3,(H2,18,22)(H,20,21). The predicted molar refractivity (Wildman–Crippen MR) is 88.0 cm³/mol. The molecule has 0 bridgehead atoms. The topological polar surface area (TPSA) is 84.2 Å². The van der Waals surface area contributed by atoms with E-state index in [1.54, 1.807) is 24.3 Å². The molecule has 5 nitrogen and oxygen atoms in total. The summed E-state index contributed by atoms with van der Waals surface area (Å²) in [5, 5.41) is 5.81. The molecule has 0 radical (unpaired) electrons. The van der Waals surface area contributed by atoms with Crippen molar-refractivity contribution < 1.29 is 9.59 Å². The highest BCUT2D eigenvalue weighted by atomic mass is 16.2. The first-order valence-electron chi connectivity index (χ1n) is 6.96. The number of nitrogens with two attached hydrogens (primary N) is 1. The Morgan fingerprint density at radius 3 is 2.32 bits per heavy atom. The number of carbonyl (C=O) groups is 2. The maximum atomic E-state index is 11.9. The number of rotatable bonds is 5. The first-order valence-corrected chi connectivity index (χ1v) is 6.96. The summed E-state index contributed by atoms with van der Waals surface area (Å²) in [7, 11) is 0. The van der Waals surface area contributed by atoms with Crippen molar-refractivity contribution in [2.45, 2.75) is 13.8 Å². The highest BCUT2D eigenvalue weighted by Gasteiger charge is 2.05. The van der Waals surface area contributed by atoms with E-state index in [0.29, 0.717) is 11.3 Å². The van der Waals surface area contributed by atoms with Gasteiger partial charge in [-0.1, -0.05) is 12.1 Å². The number of anilines is 2. The minimum atomic E-state index is -0.524. The van der Waals surface area contributed by atoms with Crippen molar-refractivity contribution >= 4 is 23.2 Å². The van der Waals surface area contributed by atoms with Gasteiger partial charge in [0, 0.05) is 16.9 Å². The number of carbonyl (C=O) groups excluding carboxylic acids is 2. The molecule has 0 saturated heterocycles. The van der Waals surface area contributed by atoms with Gasteiger partial charge in [-0.2, -0.15) is 0 Å². The molecule has 0 aliphatic heterocycles. The molecule has 0 aliphatic rings. The molecule has 0 unspecified atom stereocenters. The SMILES string of the molecule is Cc1cc(C)cc(NCC(=O)Nc2cccc(C(N)=O)c2)c1. The van der Waals surface area contributed by atoms with E-state index in [-0.39, 0.29) is 12.5 Å². The molecule has 0 heterocycles. The van der Waals surface area contributed by atoms with E-state index in [9.17, 15) is 9.59 Å². The highest BCUT2D eigenvalue weighted by Crippen LogP contribution is 2.14. The summed E-state index contributed by atoms with van der Waals surface area (Å²) in [6, 6.07) is 12.6. The fraction of sp³-hybridized carbons (Fsp3) is 0.176. The third-order valence-electron chi connectivity index (χ3n) is 3.11. The average Bonchev–Trinajstić information content (AvgIpc) is 2.44. The van der Waals surface area contributed by atoms with Crippen LogP contribution in [0.3, 0.4) is 0 Å². The third kappa shape index (κ3) is 4.34. The summed E-state index contributed by atoms with van der Waals surface area (Å²) in [5.41, 5.74) is 9.29. The van der Waals surface area contributed by atoms with Gasteiger partial charge in [0.05, 0.1) is 6.54 Å². The summed E-state index contributed by atoms with van der Waals surface area (Å²) in [6.07, 6.45) is 0. The molecule has 2 amide bonds. The zero-order valence-electron chi connectivity index (χ0n) is 12.6. The molecule has 0 aliphatic carbocycles. The van der Waals surface area contributed by atoms with Gasteiger partial charge < -0.3 is 16.4 Å². The number of primary amides is 1. The quantitative estimate of drug-likeness (QED) is 0.792. The summed E-state index contributed by atoms with van der Waals surface area (Å²) < 4.78 is 0. The summed E-state index contributed by atoms with van der Waals surface area (Å²) in [4.78, 5) is 23.1. The molecule has 114 valence electrons. The number of nitrogens with one attached hydrogen (secondary N) is 2. The van der Waals surface area contributed by atoms with E-state index < -0.39 is 5.91 Å². The van der Waals surface area contributed by atoms with Crippen LogP contribution in [0.15, 0.2) is 42.5 Å². The molecule has 0 atom stereocenters. The molecular weight excluding hydrogens is 278 g/mol. The summed E-state index contributed by atoms with van der Waals surface area (Å²) >= 11 is 0. The van der Waals surface area contributed by atoms with Gasteiger partial charge in [0.25, 0.3) is 0 Å². The fourth-order valence-corrected chi connectivity index (χ4v) is 2.21. The Hall–Kier alpha value is -2.82. The van der Waals surface area contributed by atoms with Crippen LogP contribution in [0.1, 0.15) is 21.5 Å². The van der Waals surface area contributed by atoms with Gasteiger partial charge in [0.2, 0.25) is 11.8 Å². The van der Waals surface area contributed by atoms with E-state index in [0.717, 1.165) is 16.8 Å². The van der Waals surface area contributed by atoms with Crippen LogP contribution >= 0.6 is 0 Å². The lowest BCUT2D eigenvalue weighted by molar-refractivity contribution is -0.114.